The smallest absolute Gasteiger partial charge is 0.0486 e. The molecule has 2 rings (SSSR count). The molecule has 0 spiro atoms. The van der Waals surface area contributed by atoms with Crippen molar-refractivity contribution in [1.29, 1.82) is 0 Å². The number of H-pyrrole nitrogens is 1. The predicted molar refractivity (Wildman–Crippen MR) is 65.0 cm³/mol. The van der Waals surface area contributed by atoms with E-state index in [2.05, 4.69) is 43.2 Å². The first-order valence-corrected chi connectivity index (χ1v) is 5.49. The molecule has 2 heteroatoms. The molecule has 1 aromatic carbocycles. The Morgan fingerprint density at radius 1 is 1.40 bits per heavy atom. The SMILES string of the molecule is Cc1cccc2c(CC[C@H](C)N)c[nH]c12. The summed E-state index contributed by atoms with van der Waals surface area (Å²) < 4.78 is 0. The molecule has 0 fully saturated rings. The molecule has 1 atom stereocenters. The molecule has 0 aliphatic heterocycles. The number of hydrogen-bond donors (Lipinski definition) is 2. The van der Waals surface area contributed by atoms with E-state index in [-0.39, 0.29) is 6.04 Å². The molecule has 0 aliphatic carbocycles. The summed E-state index contributed by atoms with van der Waals surface area (Å²) in [6, 6.07) is 6.70. The largest absolute Gasteiger partial charge is 0.361 e. The fourth-order valence-corrected chi connectivity index (χ4v) is 1.95. The summed E-state index contributed by atoms with van der Waals surface area (Å²) in [4.78, 5) is 3.34. The number of fused-ring (bicyclic) bond motifs is 1. The topological polar surface area (TPSA) is 41.8 Å². The van der Waals surface area contributed by atoms with Crippen LogP contribution in [-0.2, 0) is 6.42 Å². The third-order valence-electron chi connectivity index (χ3n) is 2.88. The van der Waals surface area contributed by atoms with Gasteiger partial charge in [0.2, 0.25) is 0 Å². The van der Waals surface area contributed by atoms with Crippen LogP contribution in [0.25, 0.3) is 10.9 Å². The van der Waals surface area contributed by atoms with Crippen LogP contribution < -0.4 is 5.73 Å². The van der Waals surface area contributed by atoms with Crippen LogP contribution in [0.1, 0.15) is 24.5 Å². The van der Waals surface area contributed by atoms with Crippen LogP contribution >= 0.6 is 0 Å². The van der Waals surface area contributed by atoms with E-state index in [1.165, 1.54) is 22.0 Å². The van der Waals surface area contributed by atoms with Crippen molar-refractivity contribution in [3.05, 3.63) is 35.5 Å². The van der Waals surface area contributed by atoms with Gasteiger partial charge in [-0.15, -0.1) is 0 Å². The molecule has 0 amide bonds. The lowest BCUT2D eigenvalue weighted by Gasteiger charge is -2.03. The highest BCUT2D eigenvalue weighted by atomic mass is 14.7. The summed E-state index contributed by atoms with van der Waals surface area (Å²) in [5.74, 6) is 0. The lowest BCUT2D eigenvalue weighted by Crippen LogP contribution is -2.15. The molecule has 0 unspecified atom stereocenters. The van der Waals surface area contributed by atoms with Gasteiger partial charge < -0.3 is 10.7 Å². The van der Waals surface area contributed by atoms with Crippen LogP contribution in [0.5, 0.6) is 0 Å². The normalized spacial score (nSPS) is 13.3. The molecule has 1 aromatic heterocycles. The van der Waals surface area contributed by atoms with Crippen LogP contribution in [0.15, 0.2) is 24.4 Å². The number of aromatic amines is 1. The zero-order chi connectivity index (χ0) is 10.8. The molecule has 3 N–H and O–H groups in total. The average Bonchev–Trinajstić information content (AvgIpc) is 2.59. The third kappa shape index (κ3) is 2.05. The van der Waals surface area contributed by atoms with Crippen LogP contribution in [-0.4, -0.2) is 11.0 Å². The zero-order valence-electron chi connectivity index (χ0n) is 9.38. The molecule has 0 saturated carbocycles. The average molecular weight is 202 g/mol. The molecule has 0 bridgehead atoms. The van der Waals surface area contributed by atoms with Gasteiger partial charge in [-0.25, -0.2) is 0 Å². The fourth-order valence-electron chi connectivity index (χ4n) is 1.95. The van der Waals surface area contributed by atoms with Crippen molar-refractivity contribution in [3.63, 3.8) is 0 Å². The fraction of sp³-hybridized carbons (Fsp3) is 0.385. The van der Waals surface area contributed by atoms with E-state index < -0.39 is 0 Å². The molecule has 80 valence electrons. The maximum absolute atomic E-state index is 5.77. The number of hydrogen-bond acceptors (Lipinski definition) is 1. The van der Waals surface area contributed by atoms with Crippen molar-refractivity contribution in [1.82, 2.24) is 4.98 Å². The second kappa shape index (κ2) is 4.07. The third-order valence-corrected chi connectivity index (χ3v) is 2.88. The van der Waals surface area contributed by atoms with Crippen LogP contribution in [0.4, 0.5) is 0 Å². The monoisotopic (exact) mass is 202 g/mol. The van der Waals surface area contributed by atoms with E-state index in [0.29, 0.717) is 0 Å². The highest BCUT2D eigenvalue weighted by Gasteiger charge is 2.05. The zero-order valence-corrected chi connectivity index (χ0v) is 9.38. The maximum Gasteiger partial charge on any atom is 0.0486 e. The van der Waals surface area contributed by atoms with Crippen LogP contribution in [0.2, 0.25) is 0 Å². The molecule has 0 radical (unpaired) electrons. The summed E-state index contributed by atoms with van der Waals surface area (Å²) in [7, 11) is 0. The van der Waals surface area contributed by atoms with E-state index in [0.717, 1.165) is 12.8 Å². The molecular formula is C13H18N2. The van der Waals surface area contributed by atoms with Gasteiger partial charge in [-0.05, 0) is 37.8 Å². The van der Waals surface area contributed by atoms with Crippen LogP contribution in [0, 0.1) is 6.92 Å². The van der Waals surface area contributed by atoms with Gasteiger partial charge in [-0.1, -0.05) is 18.2 Å². The van der Waals surface area contributed by atoms with E-state index in [4.69, 9.17) is 5.73 Å². The van der Waals surface area contributed by atoms with Crippen molar-refractivity contribution in [3.8, 4) is 0 Å². The number of aryl methyl sites for hydroxylation is 2. The first-order chi connectivity index (χ1) is 7.18. The van der Waals surface area contributed by atoms with Gasteiger partial charge in [0.25, 0.3) is 0 Å². The van der Waals surface area contributed by atoms with E-state index in [9.17, 15) is 0 Å². The molecular weight excluding hydrogens is 184 g/mol. The Morgan fingerprint density at radius 3 is 2.93 bits per heavy atom. The van der Waals surface area contributed by atoms with Gasteiger partial charge in [0.1, 0.15) is 0 Å². The Balaban J connectivity index is 2.33. The lowest BCUT2D eigenvalue weighted by molar-refractivity contribution is 0.668. The Kier molecular flexibility index (Phi) is 2.78. The second-order valence-corrected chi connectivity index (χ2v) is 4.33. The van der Waals surface area contributed by atoms with Crippen molar-refractivity contribution in [2.24, 2.45) is 5.73 Å². The Morgan fingerprint density at radius 2 is 2.20 bits per heavy atom. The Bertz CT molecular complexity index is 455. The number of para-hydroxylation sites is 1. The standard InChI is InChI=1S/C13H18N2/c1-9-4-3-5-12-11(7-6-10(2)14)8-15-13(9)12/h3-5,8,10,15H,6-7,14H2,1-2H3/t10-/m0/s1. The maximum atomic E-state index is 5.77. The Labute approximate surface area is 90.5 Å². The van der Waals surface area contributed by atoms with Gasteiger partial charge >= 0.3 is 0 Å². The molecule has 15 heavy (non-hydrogen) atoms. The first-order valence-electron chi connectivity index (χ1n) is 5.49. The Hall–Kier alpha value is -1.28. The summed E-state index contributed by atoms with van der Waals surface area (Å²) in [5, 5.41) is 1.34. The predicted octanol–water partition coefficient (Wildman–Crippen LogP) is 2.76. The number of benzene rings is 1. The second-order valence-electron chi connectivity index (χ2n) is 4.33. The minimum Gasteiger partial charge on any atom is -0.361 e. The molecule has 2 aromatic rings. The molecule has 2 nitrogen and oxygen atoms in total. The quantitative estimate of drug-likeness (QED) is 0.789. The van der Waals surface area contributed by atoms with Crippen molar-refractivity contribution >= 4 is 10.9 Å². The highest BCUT2D eigenvalue weighted by molar-refractivity contribution is 5.85. The number of rotatable bonds is 3. The van der Waals surface area contributed by atoms with Crippen molar-refractivity contribution in [2.75, 3.05) is 0 Å². The van der Waals surface area contributed by atoms with Gasteiger partial charge in [0, 0.05) is 23.1 Å². The number of nitrogens with one attached hydrogen (secondary N) is 1. The summed E-state index contributed by atoms with van der Waals surface area (Å²) in [5.41, 5.74) is 9.72. The van der Waals surface area contributed by atoms with Crippen molar-refractivity contribution in [2.45, 2.75) is 32.7 Å². The highest BCUT2D eigenvalue weighted by Crippen LogP contribution is 2.22. The number of aromatic nitrogens is 1. The van der Waals surface area contributed by atoms with Gasteiger partial charge in [0.15, 0.2) is 0 Å². The van der Waals surface area contributed by atoms with Gasteiger partial charge in [0.05, 0.1) is 0 Å². The summed E-state index contributed by atoms with van der Waals surface area (Å²) in [6.07, 6.45) is 4.21. The van der Waals surface area contributed by atoms with Gasteiger partial charge in [-0.3, -0.25) is 0 Å². The van der Waals surface area contributed by atoms with Crippen molar-refractivity contribution < 1.29 is 0 Å². The minimum atomic E-state index is 0.278. The van der Waals surface area contributed by atoms with E-state index in [1.54, 1.807) is 0 Å². The minimum absolute atomic E-state index is 0.278. The van der Waals surface area contributed by atoms with E-state index in [1.807, 2.05) is 0 Å². The molecule has 0 aliphatic rings. The summed E-state index contributed by atoms with van der Waals surface area (Å²) in [6.45, 7) is 4.19. The van der Waals surface area contributed by atoms with Gasteiger partial charge in [-0.2, -0.15) is 0 Å². The molecule has 0 saturated heterocycles. The van der Waals surface area contributed by atoms with Crippen LogP contribution in [0.3, 0.4) is 0 Å². The molecule has 1 heterocycles. The first kappa shape index (κ1) is 10.2. The van der Waals surface area contributed by atoms with E-state index >= 15 is 0 Å². The summed E-state index contributed by atoms with van der Waals surface area (Å²) >= 11 is 0. The number of nitrogens with two attached hydrogens (primary N) is 1. The lowest BCUT2D eigenvalue weighted by atomic mass is 10.0.